The van der Waals surface area contributed by atoms with Crippen molar-refractivity contribution in [3.05, 3.63) is 99.3 Å². The third-order valence-electron chi connectivity index (χ3n) is 6.41. The van der Waals surface area contributed by atoms with Crippen LogP contribution >= 0.6 is 27.5 Å². The number of aromatic nitrogens is 2. The maximum atomic E-state index is 13.1. The highest BCUT2D eigenvalue weighted by Crippen LogP contribution is 2.27. The van der Waals surface area contributed by atoms with Gasteiger partial charge in [-0.3, -0.25) is 14.5 Å². The lowest BCUT2D eigenvalue weighted by Crippen LogP contribution is -2.38. The molecule has 5 rings (SSSR count). The Balaban J connectivity index is 1.18. The molecule has 4 aromatic rings. The van der Waals surface area contributed by atoms with E-state index in [4.69, 9.17) is 16.1 Å². The number of ketones is 1. The van der Waals surface area contributed by atoms with Gasteiger partial charge in [-0.25, -0.2) is 0 Å². The van der Waals surface area contributed by atoms with Crippen molar-refractivity contribution in [3.63, 3.8) is 0 Å². The number of piperidine rings is 1. The van der Waals surface area contributed by atoms with E-state index in [-0.39, 0.29) is 17.6 Å². The number of carbonyl (C=O) groups is 2. The second-order valence-electron chi connectivity index (χ2n) is 8.94. The molecule has 1 aliphatic rings. The van der Waals surface area contributed by atoms with Gasteiger partial charge in [0.25, 0.3) is 0 Å². The first-order valence-electron chi connectivity index (χ1n) is 12.0. The summed E-state index contributed by atoms with van der Waals surface area (Å²) in [5.74, 6) is 0.661. The van der Waals surface area contributed by atoms with E-state index in [2.05, 4.69) is 36.3 Å². The maximum absolute atomic E-state index is 13.1. The fourth-order valence-electron chi connectivity index (χ4n) is 4.37. The molecule has 37 heavy (non-hydrogen) atoms. The molecule has 0 radical (unpaired) electrons. The average Bonchev–Trinajstić information content (AvgIpc) is 3.39. The molecule has 0 bridgehead atoms. The third-order valence-corrected chi connectivity index (χ3v) is 7.17. The average molecular weight is 580 g/mol. The van der Waals surface area contributed by atoms with Crippen LogP contribution in [0.3, 0.4) is 0 Å². The summed E-state index contributed by atoms with van der Waals surface area (Å²) in [4.78, 5) is 32.9. The smallest absolute Gasteiger partial charge is 0.241 e. The predicted octanol–water partition coefficient (Wildman–Crippen LogP) is 6.23. The lowest BCUT2D eigenvalue weighted by Gasteiger charge is -2.30. The molecule has 1 aromatic heterocycles. The van der Waals surface area contributed by atoms with Gasteiger partial charge < -0.3 is 9.84 Å². The molecule has 2 heterocycles. The topological polar surface area (TPSA) is 88.3 Å². The zero-order valence-corrected chi connectivity index (χ0v) is 22.2. The van der Waals surface area contributed by atoms with E-state index in [9.17, 15) is 9.59 Å². The zero-order chi connectivity index (χ0) is 25.8. The Bertz CT molecular complexity index is 1400. The minimum atomic E-state index is -0.185. The highest BCUT2D eigenvalue weighted by atomic mass is 79.9. The molecule has 0 unspecified atom stereocenters. The van der Waals surface area contributed by atoms with Crippen molar-refractivity contribution in [2.45, 2.75) is 19.4 Å². The second kappa shape index (κ2) is 11.4. The number of benzene rings is 3. The maximum Gasteiger partial charge on any atom is 0.241 e. The van der Waals surface area contributed by atoms with Crippen LogP contribution in [0.1, 0.15) is 34.7 Å². The van der Waals surface area contributed by atoms with Crippen LogP contribution < -0.4 is 5.32 Å². The largest absolute Gasteiger partial charge is 0.338 e. The van der Waals surface area contributed by atoms with Gasteiger partial charge in [-0.15, -0.1) is 0 Å². The summed E-state index contributed by atoms with van der Waals surface area (Å²) in [6, 6.07) is 21.7. The molecule has 1 saturated heterocycles. The summed E-state index contributed by atoms with van der Waals surface area (Å²) in [5, 5.41) is 7.50. The van der Waals surface area contributed by atoms with Crippen molar-refractivity contribution in [3.8, 4) is 11.4 Å². The monoisotopic (exact) mass is 578 g/mol. The van der Waals surface area contributed by atoms with Crippen molar-refractivity contribution >= 4 is 44.9 Å². The van der Waals surface area contributed by atoms with Crippen molar-refractivity contribution in [1.29, 1.82) is 0 Å². The fourth-order valence-corrected chi connectivity index (χ4v) is 4.81. The Morgan fingerprint density at radius 2 is 1.76 bits per heavy atom. The first-order valence-corrected chi connectivity index (χ1v) is 13.1. The number of rotatable bonds is 7. The number of hydrogen-bond acceptors (Lipinski definition) is 6. The molecule has 0 saturated carbocycles. The highest BCUT2D eigenvalue weighted by Gasteiger charge is 2.27. The van der Waals surface area contributed by atoms with Crippen molar-refractivity contribution in [2.75, 3.05) is 18.4 Å². The van der Waals surface area contributed by atoms with Gasteiger partial charge in [0.15, 0.2) is 5.78 Å². The predicted molar refractivity (Wildman–Crippen MR) is 145 cm³/mol. The standard InChI is InChI=1S/C28H24BrClN4O3/c29-21-8-6-19(7-9-21)27-32-25(37-33-27)17-34-14-12-20(13-15-34)28(36)31-24-11-10-22(30)16-23(24)26(35)18-4-2-1-3-5-18/h1-11,16,20H,12-15,17H2,(H,31,36). The van der Waals surface area contributed by atoms with E-state index in [1.54, 1.807) is 42.5 Å². The number of nitrogens with zero attached hydrogens (tertiary/aromatic N) is 3. The molecular formula is C28H24BrClN4O3. The van der Waals surface area contributed by atoms with E-state index in [0.29, 0.717) is 52.9 Å². The van der Waals surface area contributed by atoms with Crippen molar-refractivity contribution in [1.82, 2.24) is 15.0 Å². The van der Waals surface area contributed by atoms with Crippen LogP contribution in [0.2, 0.25) is 5.02 Å². The molecule has 7 nitrogen and oxygen atoms in total. The minimum Gasteiger partial charge on any atom is -0.338 e. The van der Waals surface area contributed by atoms with Crippen LogP contribution in [0.4, 0.5) is 5.69 Å². The number of nitrogens with one attached hydrogen (secondary N) is 1. The molecule has 188 valence electrons. The molecule has 0 aliphatic carbocycles. The molecule has 0 atom stereocenters. The normalized spacial score (nSPS) is 14.4. The van der Waals surface area contributed by atoms with E-state index < -0.39 is 0 Å². The number of anilines is 1. The lowest BCUT2D eigenvalue weighted by atomic mass is 9.95. The molecule has 9 heteroatoms. The SMILES string of the molecule is O=C(c1ccccc1)c1cc(Cl)ccc1NC(=O)C1CCN(Cc2nc(-c3ccc(Br)cc3)no2)CC1. The van der Waals surface area contributed by atoms with Crippen LogP contribution in [0.5, 0.6) is 0 Å². The van der Waals surface area contributed by atoms with E-state index in [0.717, 1.165) is 23.1 Å². The highest BCUT2D eigenvalue weighted by molar-refractivity contribution is 9.10. The molecule has 1 aliphatic heterocycles. The fraction of sp³-hybridized carbons (Fsp3) is 0.214. The van der Waals surface area contributed by atoms with E-state index in [1.807, 2.05) is 30.3 Å². The Morgan fingerprint density at radius 3 is 2.49 bits per heavy atom. The van der Waals surface area contributed by atoms with Gasteiger partial charge in [0.05, 0.1) is 12.2 Å². The van der Waals surface area contributed by atoms with Crippen LogP contribution in [0, 0.1) is 5.92 Å². The zero-order valence-electron chi connectivity index (χ0n) is 19.9. The Hall–Kier alpha value is -3.33. The summed E-state index contributed by atoms with van der Waals surface area (Å²) in [7, 11) is 0. The Morgan fingerprint density at radius 1 is 1.03 bits per heavy atom. The van der Waals surface area contributed by atoms with Gasteiger partial charge in [0.1, 0.15) is 0 Å². The Kier molecular flexibility index (Phi) is 7.79. The number of hydrogen-bond donors (Lipinski definition) is 1. The summed E-state index contributed by atoms with van der Waals surface area (Å²) >= 11 is 9.59. The molecule has 1 fully saturated rings. The molecular weight excluding hydrogens is 556 g/mol. The van der Waals surface area contributed by atoms with Gasteiger partial charge in [-0.1, -0.05) is 63.0 Å². The van der Waals surface area contributed by atoms with Crippen molar-refractivity contribution in [2.24, 2.45) is 5.92 Å². The summed E-state index contributed by atoms with van der Waals surface area (Å²) in [6.07, 6.45) is 1.38. The quantitative estimate of drug-likeness (QED) is 0.261. The van der Waals surface area contributed by atoms with Gasteiger partial charge in [0, 0.05) is 32.1 Å². The van der Waals surface area contributed by atoms with E-state index >= 15 is 0 Å². The van der Waals surface area contributed by atoms with Crippen molar-refractivity contribution < 1.29 is 14.1 Å². The number of carbonyl (C=O) groups excluding carboxylic acids is 2. The van der Waals surface area contributed by atoms with Gasteiger partial charge in [-0.2, -0.15) is 4.98 Å². The molecule has 1 amide bonds. The van der Waals surface area contributed by atoms with Gasteiger partial charge in [-0.05, 0) is 68.4 Å². The first kappa shape index (κ1) is 25.3. The van der Waals surface area contributed by atoms with Gasteiger partial charge in [0.2, 0.25) is 17.6 Å². The molecule has 0 spiro atoms. The summed E-state index contributed by atoms with van der Waals surface area (Å²) in [6.45, 7) is 1.99. The van der Waals surface area contributed by atoms with Crippen LogP contribution in [-0.2, 0) is 11.3 Å². The number of amides is 1. The first-order chi connectivity index (χ1) is 18.0. The Labute approximate surface area is 228 Å². The molecule has 1 N–H and O–H groups in total. The van der Waals surface area contributed by atoms with Crippen LogP contribution in [0.25, 0.3) is 11.4 Å². The second-order valence-corrected chi connectivity index (χ2v) is 10.3. The number of likely N-dealkylation sites (tertiary alicyclic amines) is 1. The summed E-state index contributed by atoms with van der Waals surface area (Å²) < 4.78 is 6.44. The van der Waals surface area contributed by atoms with Crippen LogP contribution in [-0.4, -0.2) is 39.8 Å². The van der Waals surface area contributed by atoms with Gasteiger partial charge >= 0.3 is 0 Å². The minimum absolute atomic E-state index is 0.0978. The van der Waals surface area contributed by atoms with Crippen LogP contribution in [0.15, 0.2) is 81.8 Å². The number of halogens is 2. The lowest BCUT2D eigenvalue weighted by molar-refractivity contribution is -0.121. The third kappa shape index (κ3) is 6.15. The van der Waals surface area contributed by atoms with E-state index in [1.165, 1.54) is 0 Å². The molecule has 3 aromatic carbocycles. The summed E-state index contributed by atoms with van der Waals surface area (Å²) in [5.41, 5.74) is 2.28.